The Bertz CT molecular complexity index is 511. The fourth-order valence-electron chi connectivity index (χ4n) is 2.50. The average Bonchev–Trinajstić information content (AvgIpc) is 2.99. The van der Waals surface area contributed by atoms with Gasteiger partial charge in [0.2, 0.25) is 0 Å². The van der Waals surface area contributed by atoms with E-state index in [1.807, 2.05) is 6.20 Å². The Morgan fingerprint density at radius 3 is 3.22 bits per heavy atom. The van der Waals surface area contributed by atoms with E-state index < -0.39 is 0 Å². The molecule has 2 aromatic heterocycles. The first-order valence-corrected chi connectivity index (χ1v) is 7.36. The van der Waals surface area contributed by atoms with Gasteiger partial charge in [-0.05, 0) is 36.8 Å². The Kier molecular flexibility index (Phi) is 3.48. The summed E-state index contributed by atoms with van der Waals surface area (Å²) in [5, 5.41) is 2.13. The Morgan fingerprint density at radius 1 is 1.56 bits per heavy atom. The number of imidazole rings is 1. The molecule has 1 aliphatic heterocycles. The average molecular weight is 262 g/mol. The first kappa shape index (κ1) is 11.9. The van der Waals surface area contributed by atoms with Crippen molar-refractivity contribution in [1.29, 1.82) is 0 Å². The summed E-state index contributed by atoms with van der Waals surface area (Å²) in [4.78, 5) is 5.81. The van der Waals surface area contributed by atoms with E-state index in [1.54, 1.807) is 11.3 Å². The Labute approximate surface area is 111 Å². The van der Waals surface area contributed by atoms with Crippen molar-refractivity contribution in [1.82, 2.24) is 9.55 Å². The molecule has 1 atom stereocenters. The molecule has 3 nitrogen and oxygen atoms in total. The molecule has 0 saturated carbocycles. The maximum absolute atomic E-state index is 5.55. The predicted molar refractivity (Wildman–Crippen MR) is 73.8 cm³/mol. The maximum atomic E-state index is 5.55. The van der Waals surface area contributed by atoms with Crippen LogP contribution in [0.4, 0.5) is 0 Å². The van der Waals surface area contributed by atoms with Gasteiger partial charge in [-0.3, -0.25) is 0 Å². The number of nitrogens with zero attached hydrogens (tertiary/aromatic N) is 2. The van der Waals surface area contributed by atoms with Crippen LogP contribution in [-0.4, -0.2) is 22.8 Å². The molecular weight excluding hydrogens is 244 g/mol. The maximum Gasteiger partial charge on any atom is 0.150 e. The highest BCUT2D eigenvalue weighted by Crippen LogP contribution is 2.28. The van der Waals surface area contributed by atoms with Gasteiger partial charge in [-0.2, -0.15) is 0 Å². The summed E-state index contributed by atoms with van der Waals surface area (Å²) in [5.74, 6) is 1.74. The lowest BCUT2D eigenvalue weighted by Gasteiger charge is -2.23. The lowest BCUT2D eigenvalue weighted by atomic mass is 10.0. The normalized spacial score (nSPS) is 20.2. The molecule has 96 valence electrons. The monoisotopic (exact) mass is 262 g/mol. The lowest BCUT2D eigenvalue weighted by Crippen LogP contribution is -2.22. The zero-order valence-corrected chi connectivity index (χ0v) is 11.4. The highest BCUT2D eigenvalue weighted by atomic mass is 32.1. The summed E-state index contributed by atoms with van der Waals surface area (Å²) < 4.78 is 7.83. The molecule has 3 heterocycles. The molecule has 0 amide bonds. The van der Waals surface area contributed by atoms with Crippen molar-refractivity contribution < 1.29 is 4.74 Å². The second-order valence-corrected chi connectivity index (χ2v) is 5.84. The van der Waals surface area contributed by atoms with Gasteiger partial charge in [0.25, 0.3) is 0 Å². The topological polar surface area (TPSA) is 27.1 Å². The first-order chi connectivity index (χ1) is 8.84. The number of aromatic nitrogens is 2. The number of rotatable bonds is 3. The smallest absolute Gasteiger partial charge is 0.150 e. The molecule has 1 aliphatic rings. The molecular formula is C14H18N2OS. The molecule has 0 aliphatic carbocycles. The summed E-state index contributed by atoms with van der Waals surface area (Å²) in [6, 6.07) is 2.16. The van der Waals surface area contributed by atoms with E-state index in [0.29, 0.717) is 5.92 Å². The van der Waals surface area contributed by atoms with Gasteiger partial charge in [-0.15, -0.1) is 11.3 Å². The summed E-state index contributed by atoms with van der Waals surface area (Å²) in [7, 11) is 0. The van der Waals surface area contributed by atoms with Crippen LogP contribution in [0.1, 0.15) is 18.4 Å². The van der Waals surface area contributed by atoms with Crippen LogP contribution < -0.4 is 0 Å². The third kappa shape index (κ3) is 2.35. The van der Waals surface area contributed by atoms with Crippen molar-refractivity contribution in [3.63, 3.8) is 0 Å². The van der Waals surface area contributed by atoms with Crippen molar-refractivity contribution in [2.75, 3.05) is 13.2 Å². The summed E-state index contributed by atoms with van der Waals surface area (Å²) >= 11 is 1.77. The summed E-state index contributed by atoms with van der Waals surface area (Å²) in [6.45, 7) is 4.99. The quantitative estimate of drug-likeness (QED) is 0.848. The lowest BCUT2D eigenvalue weighted by molar-refractivity contribution is 0.0485. The third-order valence-corrected chi connectivity index (χ3v) is 4.50. The van der Waals surface area contributed by atoms with Gasteiger partial charge >= 0.3 is 0 Å². The highest BCUT2D eigenvalue weighted by molar-refractivity contribution is 7.13. The molecule has 2 aromatic rings. The van der Waals surface area contributed by atoms with Gasteiger partial charge in [0.05, 0.1) is 11.5 Å². The van der Waals surface area contributed by atoms with Crippen LogP contribution in [-0.2, 0) is 11.3 Å². The van der Waals surface area contributed by atoms with E-state index in [-0.39, 0.29) is 0 Å². The van der Waals surface area contributed by atoms with Crippen LogP contribution in [0.2, 0.25) is 0 Å². The zero-order chi connectivity index (χ0) is 12.4. The number of hydrogen-bond acceptors (Lipinski definition) is 3. The number of hydrogen-bond donors (Lipinski definition) is 0. The summed E-state index contributed by atoms with van der Waals surface area (Å²) in [6.07, 6.45) is 6.44. The van der Waals surface area contributed by atoms with Crippen molar-refractivity contribution in [3.8, 4) is 10.7 Å². The van der Waals surface area contributed by atoms with E-state index in [0.717, 1.165) is 25.6 Å². The Hall–Kier alpha value is -1.13. The molecule has 0 N–H and O–H groups in total. The number of ether oxygens (including phenoxy) is 1. The molecule has 1 fully saturated rings. The molecule has 0 aromatic carbocycles. The van der Waals surface area contributed by atoms with E-state index in [4.69, 9.17) is 4.74 Å². The van der Waals surface area contributed by atoms with Gasteiger partial charge in [0, 0.05) is 31.5 Å². The third-order valence-electron chi connectivity index (χ3n) is 3.49. The van der Waals surface area contributed by atoms with E-state index in [9.17, 15) is 0 Å². The Balaban J connectivity index is 1.81. The van der Waals surface area contributed by atoms with Crippen LogP contribution >= 0.6 is 11.3 Å². The molecule has 0 unspecified atom stereocenters. The van der Waals surface area contributed by atoms with Crippen molar-refractivity contribution in [2.24, 2.45) is 5.92 Å². The largest absolute Gasteiger partial charge is 0.381 e. The minimum Gasteiger partial charge on any atom is -0.381 e. The van der Waals surface area contributed by atoms with Gasteiger partial charge < -0.3 is 9.30 Å². The van der Waals surface area contributed by atoms with Crippen LogP contribution in [0.15, 0.2) is 23.8 Å². The molecule has 1 saturated heterocycles. The zero-order valence-electron chi connectivity index (χ0n) is 10.6. The Morgan fingerprint density at radius 2 is 2.50 bits per heavy atom. The van der Waals surface area contributed by atoms with E-state index in [2.05, 4.69) is 34.1 Å². The van der Waals surface area contributed by atoms with Gasteiger partial charge in [-0.1, -0.05) is 0 Å². The molecule has 18 heavy (non-hydrogen) atoms. The number of aryl methyl sites for hydroxylation is 1. The molecule has 3 rings (SSSR count). The molecule has 0 spiro atoms. The van der Waals surface area contributed by atoms with E-state index in [1.165, 1.54) is 23.3 Å². The summed E-state index contributed by atoms with van der Waals surface area (Å²) in [5.41, 5.74) is 1.31. The SMILES string of the molecule is Cc1ccsc1-c1nccn1C[C@@H]1CCCOC1. The van der Waals surface area contributed by atoms with Crippen LogP contribution in [0.3, 0.4) is 0 Å². The second kappa shape index (κ2) is 5.24. The molecule has 0 bridgehead atoms. The van der Waals surface area contributed by atoms with Crippen LogP contribution in [0, 0.1) is 12.8 Å². The van der Waals surface area contributed by atoms with Gasteiger partial charge in [0.15, 0.2) is 0 Å². The van der Waals surface area contributed by atoms with Crippen molar-refractivity contribution in [2.45, 2.75) is 26.3 Å². The molecule has 4 heteroatoms. The number of thiophene rings is 1. The molecule has 0 radical (unpaired) electrons. The fraction of sp³-hybridized carbons (Fsp3) is 0.500. The van der Waals surface area contributed by atoms with Gasteiger partial charge in [0.1, 0.15) is 5.82 Å². The van der Waals surface area contributed by atoms with Crippen LogP contribution in [0.5, 0.6) is 0 Å². The minimum absolute atomic E-state index is 0.631. The van der Waals surface area contributed by atoms with Crippen molar-refractivity contribution >= 4 is 11.3 Å². The van der Waals surface area contributed by atoms with Crippen LogP contribution in [0.25, 0.3) is 10.7 Å². The minimum atomic E-state index is 0.631. The predicted octanol–water partition coefficient (Wildman–Crippen LogP) is 3.35. The van der Waals surface area contributed by atoms with E-state index >= 15 is 0 Å². The highest BCUT2D eigenvalue weighted by Gasteiger charge is 2.17. The first-order valence-electron chi connectivity index (χ1n) is 6.48. The second-order valence-electron chi connectivity index (χ2n) is 4.92. The standard InChI is InChI=1S/C14H18N2OS/c1-11-4-8-18-13(11)14-15-5-6-16(14)9-12-3-2-7-17-10-12/h4-6,8,12H,2-3,7,9-10H2,1H3/t12-/m0/s1. The van der Waals surface area contributed by atoms with Crippen molar-refractivity contribution in [3.05, 3.63) is 29.4 Å². The fourth-order valence-corrected chi connectivity index (χ4v) is 3.43. The van der Waals surface area contributed by atoms with Gasteiger partial charge in [-0.25, -0.2) is 4.98 Å².